The summed E-state index contributed by atoms with van der Waals surface area (Å²) < 4.78 is 27.3. The Bertz CT molecular complexity index is 1150. The lowest BCUT2D eigenvalue weighted by Gasteiger charge is -2.25. The number of hydrogen-bond donors (Lipinski definition) is 1. The fourth-order valence-electron chi connectivity index (χ4n) is 2.94. The Hall–Kier alpha value is -3.73. The summed E-state index contributed by atoms with van der Waals surface area (Å²) in [6.07, 6.45) is -0.912. The molecule has 11 heteroatoms. The summed E-state index contributed by atoms with van der Waals surface area (Å²) in [7, 11) is 0. The van der Waals surface area contributed by atoms with E-state index in [9.17, 15) is 9.59 Å². The van der Waals surface area contributed by atoms with E-state index in [1.165, 1.54) is 0 Å². The molecule has 31 heavy (non-hydrogen) atoms. The number of fused-ring (bicyclic) bond motifs is 2. The maximum Gasteiger partial charge on any atom is 0.277 e. The molecule has 0 radical (unpaired) electrons. The Morgan fingerprint density at radius 3 is 2.71 bits per heavy atom. The number of amides is 2. The Labute approximate surface area is 179 Å². The van der Waals surface area contributed by atoms with E-state index in [2.05, 4.69) is 15.5 Å². The Morgan fingerprint density at radius 2 is 1.81 bits per heavy atom. The largest absolute Gasteiger partial charge is 0.485 e. The molecule has 2 aliphatic heterocycles. The van der Waals surface area contributed by atoms with Crippen LogP contribution in [0.4, 0.5) is 0 Å². The van der Waals surface area contributed by atoms with Gasteiger partial charge in [-0.3, -0.25) is 14.9 Å². The zero-order valence-corrected chi connectivity index (χ0v) is 16.7. The first-order valence-corrected chi connectivity index (χ1v) is 10.2. The Kier molecular flexibility index (Phi) is 5.08. The van der Waals surface area contributed by atoms with Gasteiger partial charge in [-0.1, -0.05) is 23.9 Å². The van der Waals surface area contributed by atoms with Crippen LogP contribution in [0.3, 0.4) is 0 Å². The Balaban J connectivity index is 1.14. The van der Waals surface area contributed by atoms with Crippen molar-refractivity contribution < 1.29 is 33.0 Å². The first kappa shape index (κ1) is 19.2. The number of thioether (sulfide) groups is 1. The van der Waals surface area contributed by atoms with E-state index in [1.807, 2.05) is 0 Å². The van der Waals surface area contributed by atoms with Gasteiger partial charge in [0.2, 0.25) is 24.7 Å². The normalized spacial score (nSPS) is 16.1. The summed E-state index contributed by atoms with van der Waals surface area (Å²) in [5, 5.41) is 10.4. The SMILES string of the molecule is O=C(CSc1nnc(-c2ccc3c(c2)OCO3)o1)NC(=O)[C@@H]1COc2ccccc2O1. The third-order valence-corrected chi connectivity index (χ3v) is 5.23. The molecule has 0 saturated heterocycles. The van der Waals surface area contributed by atoms with Crippen molar-refractivity contribution in [3.8, 4) is 34.5 Å². The monoisotopic (exact) mass is 441 g/mol. The van der Waals surface area contributed by atoms with Crippen molar-refractivity contribution in [1.29, 1.82) is 0 Å². The van der Waals surface area contributed by atoms with Gasteiger partial charge in [-0.05, 0) is 30.3 Å². The molecule has 1 N–H and O–H groups in total. The highest BCUT2D eigenvalue weighted by Gasteiger charge is 2.28. The molecule has 3 heterocycles. The highest BCUT2D eigenvalue weighted by Crippen LogP contribution is 2.36. The molecular formula is C20H15N3O7S. The molecule has 0 unspecified atom stereocenters. The predicted molar refractivity (Wildman–Crippen MR) is 106 cm³/mol. The number of ether oxygens (including phenoxy) is 4. The Morgan fingerprint density at radius 1 is 1.00 bits per heavy atom. The van der Waals surface area contributed by atoms with Crippen LogP contribution in [-0.2, 0) is 9.59 Å². The van der Waals surface area contributed by atoms with Gasteiger partial charge in [0.05, 0.1) is 5.75 Å². The zero-order valence-electron chi connectivity index (χ0n) is 15.9. The molecule has 0 aliphatic carbocycles. The maximum absolute atomic E-state index is 12.3. The quantitative estimate of drug-likeness (QED) is 0.589. The van der Waals surface area contributed by atoms with Crippen molar-refractivity contribution in [2.45, 2.75) is 11.3 Å². The van der Waals surface area contributed by atoms with Crippen LogP contribution < -0.4 is 24.3 Å². The van der Waals surface area contributed by atoms with Crippen LogP contribution >= 0.6 is 11.8 Å². The minimum absolute atomic E-state index is 0.0197. The lowest BCUT2D eigenvalue weighted by Crippen LogP contribution is -2.46. The maximum atomic E-state index is 12.3. The van der Waals surface area contributed by atoms with Gasteiger partial charge in [-0.15, -0.1) is 10.2 Å². The molecule has 1 atom stereocenters. The standard InChI is InChI=1S/C20H15N3O7S/c24-17(21-18(25)16-8-26-12-3-1-2-4-14(12)29-16)9-31-20-23-22-19(30-20)11-5-6-13-15(7-11)28-10-27-13/h1-7,16H,8-10H2,(H,21,24,25)/t16-/m0/s1. The number of hydrogen-bond acceptors (Lipinski definition) is 10. The topological polar surface area (TPSA) is 122 Å². The molecule has 5 rings (SSSR count). The van der Waals surface area contributed by atoms with Crippen LogP contribution in [0.1, 0.15) is 0 Å². The molecule has 158 valence electrons. The number of nitrogens with zero attached hydrogens (tertiary/aromatic N) is 2. The molecule has 0 saturated carbocycles. The van der Waals surface area contributed by atoms with Gasteiger partial charge in [0.15, 0.2) is 23.0 Å². The second-order valence-electron chi connectivity index (χ2n) is 6.51. The van der Waals surface area contributed by atoms with Gasteiger partial charge in [-0.2, -0.15) is 0 Å². The number of rotatable bonds is 5. The van der Waals surface area contributed by atoms with Crippen molar-refractivity contribution in [1.82, 2.24) is 15.5 Å². The minimum atomic E-state index is -0.912. The average molecular weight is 441 g/mol. The summed E-state index contributed by atoms with van der Waals surface area (Å²) in [4.78, 5) is 24.4. The molecule has 10 nitrogen and oxygen atoms in total. The third-order valence-electron chi connectivity index (χ3n) is 4.42. The van der Waals surface area contributed by atoms with Crippen molar-refractivity contribution in [3.05, 3.63) is 42.5 Å². The number of imide groups is 1. The van der Waals surface area contributed by atoms with E-state index in [-0.39, 0.29) is 30.3 Å². The second-order valence-corrected chi connectivity index (χ2v) is 7.43. The summed E-state index contributed by atoms with van der Waals surface area (Å²) in [5.41, 5.74) is 0.665. The van der Waals surface area contributed by atoms with Crippen LogP contribution in [-0.4, -0.2) is 47.3 Å². The molecular weight excluding hydrogens is 426 g/mol. The van der Waals surface area contributed by atoms with Gasteiger partial charge >= 0.3 is 0 Å². The fraction of sp³-hybridized carbons (Fsp3) is 0.200. The molecule has 0 fully saturated rings. The van der Waals surface area contributed by atoms with Crippen LogP contribution in [0.2, 0.25) is 0 Å². The first-order chi connectivity index (χ1) is 15.2. The smallest absolute Gasteiger partial charge is 0.277 e. The van der Waals surface area contributed by atoms with Crippen molar-refractivity contribution >= 4 is 23.6 Å². The van der Waals surface area contributed by atoms with E-state index >= 15 is 0 Å². The van der Waals surface area contributed by atoms with Crippen molar-refractivity contribution in [2.75, 3.05) is 19.2 Å². The molecule has 2 amide bonds. The number of carbonyl (C=O) groups excluding carboxylic acids is 2. The molecule has 3 aromatic rings. The van der Waals surface area contributed by atoms with Crippen LogP contribution in [0.25, 0.3) is 11.5 Å². The third kappa shape index (κ3) is 4.12. The summed E-state index contributed by atoms with van der Waals surface area (Å²) in [5.74, 6) is 1.37. The van der Waals surface area contributed by atoms with Crippen molar-refractivity contribution in [3.63, 3.8) is 0 Å². The number of benzene rings is 2. The fourth-order valence-corrected chi connectivity index (χ4v) is 3.51. The zero-order chi connectivity index (χ0) is 21.2. The van der Waals surface area contributed by atoms with E-state index in [0.29, 0.717) is 28.6 Å². The predicted octanol–water partition coefficient (Wildman–Crippen LogP) is 2.04. The van der Waals surface area contributed by atoms with E-state index in [0.717, 1.165) is 11.8 Å². The van der Waals surface area contributed by atoms with Gasteiger partial charge in [0.1, 0.15) is 6.61 Å². The molecule has 0 spiro atoms. The first-order valence-electron chi connectivity index (χ1n) is 9.24. The van der Waals surface area contributed by atoms with Gasteiger partial charge in [-0.25, -0.2) is 0 Å². The molecule has 2 aromatic carbocycles. The second kappa shape index (κ2) is 8.19. The highest BCUT2D eigenvalue weighted by atomic mass is 32.2. The van der Waals surface area contributed by atoms with E-state index in [1.54, 1.807) is 42.5 Å². The minimum Gasteiger partial charge on any atom is -0.485 e. The number of nitrogens with one attached hydrogen (secondary N) is 1. The summed E-state index contributed by atoms with van der Waals surface area (Å²) in [6, 6.07) is 12.3. The highest BCUT2D eigenvalue weighted by molar-refractivity contribution is 7.99. The van der Waals surface area contributed by atoms with Crippen LogP contribution in [0.5, 0.6) is 23.0 Å². The van der Waals surface area contributed by atoms with E-state index in [4.69, 9.17) is 23.4 Å². The average Bonchev–Trinajstić information content (AvgIpc) is 3.46. The van der Waals surface area contributed by atoms with Crippen LogP contribution in [0.15, 0.2) is 52.1 Å². The van der Waals surface area contributed by atoms with Crippen molar-refractivity contribution in [2.24, 2.45) is 0 Å². The summed E-state index contributed by atoms with van der Waals surface area (Å²) >= 11 is 1.01. The number of para-hydroxylation sites is 2. The van der Waals surface area contributed by atoms with Gasteiger partial charge < -0.3 is 23.4 Å². The van der Waals surface area contributed by atoms with Gasteiger partial charge in [0.25, 0.3) is 11.1 Å². The van der Waals surface area contributed by atoms with E-state index < -0.39 is 17.9 Å². The van der Waals surface area contributed by atoms with Crippen LogP contribution in [0, 0.1) is 0 Å². The number of carbonyl (C=O) groups is 2. The lowest BCUT2D eigenvalue weighted by molar-refractivity contribution is -0.135. The summed E-state index contributed by atoms with van der Waals surface area (Å²) in [6.45, 7) is 0.188. The molecule has 1 aromatic heterocycles. The lowest BCUT2D eigenvalue weighted by atomic mass is 10.2. The van der Waals surface area contributed by atoms with Gasteiger partial charge in [0, 0.05) is 5.56 Å². The number of aromatic nitrogens is 2. The molecule has 2 aliphatic rings. The molecule has 0 bridgehead atoms.